The van der Waals surface area contributed by atoms with Crippen molar-refractivity contribution < 1.29 is 14.3 Å². The number of hydrogen-bond donors (Lipinski definition) is 3. The van der Waals surface area contributed by atoms with Crippen molar-refractivity contribution in [2.45, 2.75) is 38.5 Å². The average molecular weight is 449 g/mol. The molecule has 0 aliphatic carbocycles. The summed E-state index contributed by atoms with van der Waals surface area (Å²) < 4.78 is 15.7. The third kappa shape index (κ3) is 5.62. The molecule has 10 heteroatoms. The number of rotatable bonds is 9. The molecule has 3 aromatic heterocycles. The zero-order chi connectivity index (χ0) is 24.0. The van der Waals surface area contributed by atoms with Crippen LogP contribution in [0.2, 0.25) is 0 Å². The van der Waals surface area contributed by atoms with Crippen LogP contribution in [0, 0.1) is 22.7 Å². The molecule has 0 fully saturated rings. The Labute approximate surface area is 190 Å². The first-order chi connectivity index (χ1) is 15.7. The van der Waals surface area contributed by atoms with Gasteiger partial charge in [0.25, 0.3) is 5.91 Å². The summed E-state index contributed by atoms with van der Waals surface area (Å²) in [7, 11) is 0. The fourth-order valence-corrected chi connectivity index (χ4v) is 3.09. The van der Waals surface area contributed by atoms with Crippen molar-refractivity contribution in [2.24, 2.45) is 0 Å². The summed E-state index contributed by atoms with van der Waals surface area (Å²) in [5, 5.41) is 37.5. The number of nitrogens with zero attached hydrogens (tertiary/aromatic N) is 5. The number of nitriles is 2. The number of halogens is 1. The Morgan fingerprint density at radius 1 is 1.30 bits per heavy atom. The number of anilines is 1. The van der Waals surface area contributed by atoms with E-state index in [2.05, 4.69) is 26.8 Å². The van der Waals surface area contributed by atoms with Crippen LogP contribution in [-0.4, -0.2) is 50.5 Å². The van der Waals surface area contributed by atoms with Crippen molar-refractivity contribution in [3.05, 3.63) is 47.8 Å². The van der Waals surface area contributed by atoms with Crippen molar-refractivity contribution in [1.82, 2.24) is 19.9 Å². The molecule has 3 N–H and O–H groups in total. The van der Waals surface area contributed by atoms with Crippen LogP contribution in [0.5, 0.6) is 0 Å². The number of pyridine rings is 1. The lowest BCUT2D eigenvalue weighted by Crippen LogP contribution is -2.42. The van der Waals surface area contributed by atoms with Gasteiger partial charge in [0.2, 0.25) is 0 Å². The van der Waals surface area contributed by atoms with E-state index in [0.29, 0.717) is 42.0 Å². The summed E-state index contributed by atoms with van der Waals surface area (Å²) in [5.41, 5.74) is 1.44. The average Bonchev–Trinajstić information content (AvgIpc) is 3.22. The zero-order valence-corrected chi connectivity index (χ0v) is 18.3. The maximum atomic E-state index is 14.1. The summed E-state index contributed by atoms with van der Waals surface area (Å²) in [6, 6.07) is 11.1. The predicted molar refractivity (Wildman–Crippen MR) is 120 cm³/mol. The SMILES string of the molecule is CC(C)(O)[C@H](F)CNC(=O)c1cnc(-c2ccc3cc(C#N)cnn23)cc1NCCCC#N. The molecule has 0 bridgehead atoms. The highest BCUT2D eigenvalue weighted by molar-refractivity contribution is 6.00. The van der Waals surface area contributed by atoms with Gasteiger partial charge in [0.1, 0.15) is 12.2 Å². The van der Waals surface area contributed by atoms with Crippen LogP contribution >= 0.6 is 0 Å². The molecular weight excluding hydrogens is 425 g/mol. The zero-order valence-electron chi connectivity index (χ0n) is 18.3. The number of aromatic nitrogens is 3. The van der Waals surface area contributed by atoms with E-state index in [1.54, 1.807) is 16.6 Å². The van der Waals surface area contributed by atoms with Gasteiger partial charge in [0, 0.05) is 19.2 Å². The highest BCUT2D eigenvalue weighted by atomic mass is 19.1. The van der Waals surface area contributed by atoms with Crippen molar-refractivity contribution >= 4 is 17.1 Å². The minimum atomic E-state index is -1.64. The van der Waals surface area contributed by atoms with Gasteiger partial charge in [0.15, 0.2) is 0 Å². The first kappa shape index (κ1) is 23.6. The van der Waals surface area contributed by atoms with Gasteiger partial charge in [0.05, 0.1) is 58.1 Å². The van der Waals surface area contributed by atoms with E-state index < -0.39 is 17.7 Å². The molecule has 0 aliphatic rings. The molecule has 0 radical (unpaired) electrons. The van der Waals surface area contributed by atoms with Crippen molar-refractivity contribution in [3.63, 3.8) is 0 Å². The molecule has 9 nitrogen and oxygen atoms in total. The van der Waals surface area contributed by atoms with Crippen molar-refractivity contribution in [1.29, 1.82) is 10.5 Å². The summed E-state index contributed by atoms with van der Waals surface area (Å²) in [5.74, 6) is -0.541. The molecule has 0 spiro atoms. The Morgan fingerprint density at radius 3 is 2.79 bits per heavy atom. The Hall–Kier alpha value is -4.02. The van der Waals surface area contributed by atoms with E-state index in [4.69, 9.17) is 10.5 Å². The smallest absolute Gasteiger partial charge is 0.255 e. The number of amides is 1. The fraction of sp³-hybridized carbons (Fsp3) is 0.348. The molecule has 0 saturated heterocycles. The molecule has 170 valence electrons. The highest BCUT2D eigenvalue weighted by Crippen LogP contribution is 2.25. The maximum Gasteiger partial charge on any atom is 0.255 e. The molecule has 0 aliphatic heterocycles. The number of alkyl halides is 1. The summed E-state index contributed by atoms with van der Waals surface area (Å²) in [6.07, 6.45) is 2.13. The molecular formula is C23H24FN7O2. The van der Waals surface area contributed by atoms with Gasteiger partial charge in [-0.2, -0.15) is 15.6 Å². The van der Waals surface area contributed by atoms with E-state index in [9.17, 15) is 14.3 Å². The molecule has 3 rings (SSSR count). The number of carbonyl (C=O) groups is 1. The van der Waals surface area contributed by atoms with Gasteiger partial charge in [-0.3, -0.25) is 9.78 Å². The predicted octanol–water partition coefficient (Wildman–Crippen LogP) is 2.82. The molecule has 0 saturated carbocycles. The van der Waals surface area contributed by atoms with Gasteiger partial charge in [-0.25, -0.2) is 8.91 Å². The second kappa shape index (κ2) is 10.1. The summed E-state index contributed by atoms with van der Waals surface area (Å²) in [4.78, 5) is 17.1. The van der Waals surface area contributed by atoms with Gasteiger partial charge in [-0.05, 0) is 44.5 Å². The van der Waals surface area contributed by atoms with Crippen LogP contribution in [0.4, 0.5) is 10.1 Å². The first-order valence-corrected chi connectivity index (χ1v) is 10.4. The lowest BCUT2D eigenvalue weighted by atomic mass is 10.0. The summed E-state index contributed by atoms with van der Waals surface area (Å²) >= 11 is 0. The minimum absolute atomic E-state index is 0.208. The topological polar surface area (TPSA) is 139 Å². The number of aliphatic hydroxyl groups is 1. The number of hydrogen-bond acceptors (Lipinski definition) is 7. The van der Waals surface area contributed by atoms with Gasteiger partial charge < -0.3 is 15.7 Å². The lowest BCUT2D eigenvalue weighted by Gasteiger charge is -2.22. The Bertz CT molecular complexity index is 1230. The van der Waals surface area contributed by atoms with Crippen LogP contribution < -0.4 is 10.6 Å². The van der Waals surface area contributed by atoms with E-state index in [1.807, 2.05) is 18.2 Å². The number of fused-ring (bicyclic) bond motifs is 1. The van der Waals surface area contributed by atoms with Crippen LogP contribution in [0.1, 0.15) is 42.6 Å². The third-order valence-electron chi connectivity index (χ3n) is 5.03. The quantitative estimate of drug-likeness (QED) is 0.427. The third-order valence-corrected chi connectivity index (χ3v) is 5.03. The Kier molecular flexibility index (Phi) is 7.21. The normalized spacial score (nSPS) is 12.1. The lowest BCUT2D eigenvalue weighted by molar-refractivity contribution is -0.00177. The molecule has 33 heavy (non-hydrogen) atoms. The van der Waals surface area contributed by atoms with E-state index in [-0.39, 0.29) is 12.1 Å². The van der Waals surface area contributed by atoms with Crippen LogP contribution in [0.15, 0.2) is 36.7 Å². The maximum absolute atomic E-state index is 14.1. The van der Waals surface area contributed by atoms with E-state index in [1.165, 1.54) is 26.2 Å². The molecule has 3 heterocycles. The first-order valence-electron chi connectivity index (χ1n) is 10.4. The Balaban J connectivity index is 1.91. The van der Waals surface area contributed by atoms with Crippen molar-refractivity contribution in [2.75, 3.05) is 18.4 Å². The number of carbonyl (C=O) groups excluding carboxylic acids is 1. The standard InChI is InChI=1S/C23H24FN7O2/c1-23(2,33)21(24)14-29-22(32)17-13-28-19(10-18(17)27-8-4-3-7-25)20-6-5-16-9-15(11-26)12-30-31(16)20/h5-6,9-10,12-13,21,33H,3-4,8,14H2,1-2H3,(H,27,28)(H,29,32)/t21-/m1/s1. The number of unbranched alkanes of at least 4 members (excludes halogenated alkanes) is 1. The fourth-order valence-electron chi connectivity index (χ4n) is 3.09. The van der Waals surface area contributed by atoms with Crippen LogP contribution in [-0.2, 0) is 0 Å². The highest BCUT2D eigenvalue weighted by Gasteiger charge is 2.27. The van der Waals surface area contributed by atoms with Gasteiger partial charge >= 0.3 is 0 Å². The van der Waals surface area contributed by atoms with Crippen molar-refractivity contribution in [3.8, 4) is 23.5 Å². The molecule has 3 aromatic rings. The Morgan fingerprint density at radius 2 is 2.09 bits per heavy atom. The largest absolute Gasteiger partial charge is 0.387 e. The summed E-state index contributed by atoms with van der Waals surface area (Å²) in [6.45, 7) is 2.76. The second-order valence-corrected chi connectivity index (χ2v) is 8.05. The van der Waals surface area contributed by atoms with Gasteiger partial charge in [-0.15, -0.1) is 0 Å². The van der Waals surface area contributed by atoms with E-state index in [0.717, 1.165) is 5.52 Å². The van der Waals surface area contributed by atoms with Crippen LogP contribution in [0.3, 0.4) is 0 Å². The van der Waals surface area contributed by atoms with Gasteiger partial charge in [-0.1, -0.05) is 0 Å². The minimum Gasteiger partial charge on any atom is -0.387 e. The molecule has 1 amide bonds. The molecule has 0 unspecified atom stereocenters. The second-order valence-electron chi connectivity index (χ2n) is 8.05. The monoisotopic (exact) mass is 449 g/mol. The van der Waals surface area contributed by atoms with Crippen LogP contribution in [0.25, 0.3) is 16.9 Å². The van der Waals surface area contributed by atoms with E-state index >= 15 is 0 Å². The molecule has 0 aromatic carbocycles. The molecule has 1 atom stereocenters. The number of nitrogens with one attached hydrogen (secondary N) is 2.